The fourth-order valence-electron chi connectivity index (χ4n) is 2.26. The van der Waals surface area contributed by atoms with Crippen LogP contribution < -0.4 is 14.8 Å². The lowest BCUT2D eigenvalue weighted by atomic mass is 10.1. The Morgan fingerprint density at radius 1 is 1.24 bits per heavy atom. The van der Waals surface area contributed by atoms with Gasteiger partial charge in [0.15, 0.2) is 11.5 Å². The minimum atomic E-state index is -0.207. The fourth-order valence-corrected chi connectivity index (χ4v) is 3.42. The molecule has 3 rings (SSSR count). The van der Waals surface area contributed by atoms with Gasteiger partial charge < -0.3 is 14.8 Å². The number of methoxy groups -OCH3 is 1. The van der Waals surface area contributed by atoms with Crippen LogP contribution in [0.3, 0.4) is 0 Å². The Bertz CT molecular complexity index is 850. The van der Waals surface area contributed by atoms with Gasteiger partial charge in [-0.15, -0.1) is 0 Å². The van der Waals surface area contributed by atoms with Crippen molar-refractivity contribution in [3.8, 4) is 11.5 Å². The number of hydrogen-bond acceptors (Lipinski definition) is 5. The van der Waals surface area contributed by atoms with Crippen molar-refractivity contribution < 1.29 is 14.3 Å². The van der Waals surface area contributed by atoms with Crippen molar-refractivity contribution in [2.75, 3.05) is 7.11 Å². The zero-order valence-electron chi connectivity index (χ0n) is 13.2. The quantitative estimate of drug-likeness (QED) is 0.604. The van der Waals surface area contributed by atoms with E-state index in [-0.39, 0.29) is 5.91 Å². The number of nitrogens with one attached hydrogen (secondary N) is 1. The molecule has 4 nitrogen and oxygen atoms in total. The van der Waals surface area contributed by atoms with E-state index < -0.39 is 0 Å². The minimum absolute atomic E-state index is 0.207. The highest BCUT2D eigenvalue weighted by Crippen LogP contribution is 2.35. The highest BCUT2D eigenvalue weighted by atomic mass is 35.5. The number of para-hydroxylation sites is 1. The normalized spacial score (nSPS) is 15.4. The topological polar surface area (TPSA) is 47.6 Å². The van der Waals surface area contributed by atoms with Crippen LogP contribution in [0.5, 0.6) is 11.5 Å². The van der Waals surface area contributed by atoms with Crippen molar-refractivity contribution in [2.45, 2.75) is 6.61 Å². The van der Waals surface area contributed by atoms with Gasteiger partial charge in [0.05, 0.1) is 12.0 Å². The predicted octanol–water partition coefficient (Wildman–Crippen LogP) is 4.42. The highest BCUT2D eigenvalue weighted by Gasteiger charge is 2.23. The van der Waals surface area contributed by atoms with Crippen LogP contribution in [0.2, 0.25) is 5.02 Å². The molecule has 0 saturated carbocycles. The summed E-state index contributed by atoms with van der Waals surface area (Å²) in [4.78, 5) is 12.4. The lowest BCUT2D eigenvalue weighted by Crippen LogP contribution is -2.17. The molecule has 1 saturated heterocycles. The second kappa shape index (κ2) is 7.91. The largest absolute Gasteiger partial charge is 0.493 e. The fraction of sp³-hybridized carbons (Fsp3) is 0.111. The van der Waals surface area contributed by atoms with Crippen LogP contribution in [0.1, 0.15) is 11.1 Å². The molecule has 25 heavy (non-hydrogen) atoms. The summed E-state index contributed by atoms with van der Waals surface area (Å²) in [6, 6.07) is 12.9. The van der Waals surface area contributed by atoms with Crippen molar-refractivity contribution in [3.05, 3.63) is 63.5 Å². The third kappa shape index (κ3) is 4.34. The lowest BCUT2D eigenvalue weighted by molar-refractivity contribution is -0.115. The lowest BCUT2D eigenvalue weighted by Gasteiger charge is -2.14. The Morgan fingerprint density at radius 2 is 2.00 bits per heavy atom. The Balaban J connectivity index is 1.89. The summed E-state index contributed by atoms with van der Waals surface area (Å²) in [7, 11) is 1.58. The summed E-state index contributed by atoms with van der Waals surface area (Å²) >= 11 is 12.2. The number of ether oxygens (including phenoxy) is 2. The molecule has 0 bridgehead atoms. The molecular formula is C18H14ClNO3S2. The van der Waals surface area contributed by atoms with Gasteiger partial charge in [-0.2, -0.15) is 0 Å². The first kappa shape index (κ1) is 17.8. The average molecular weight is 392 g/mol. The highest BCUT2D eigenvalue weighted by molar-refractivity contribution is 8.26. The van der Waals surface area contributed by atoms with Gasteiger partial charge in [0, 0.05) is 10.6 Å². The summed E-state index contributed by atoms with van der Waals surface area (Å²) in [5.41, 5.74) is 1.72. The molecule has 1 fully saturated rings. The second-order valence-corrected chi connectivity index (χ2v) is 7.30. The van der Waals surface area contributed by atoms with Gasteiger partial charge >= 0.3 is 0 Å². The van der Waals surface area contributed by atoms with Crippen LogP contribution in [-0.4, -0.2) is 17.3 Å². The second-order valence-electron chi connectivity index (χ2n) is 5.15. The van der Waals surface area contributed by atoms with Crippen molar-refractivity contribution >= 4 is 51.9 Å². The van der Waals surface area contributed by atoms with E-state index in [1.54, 1.807) is 13.2 Å². The predicted molar refractivity (Wildman–Crippen MR) is 105 cm³/mol. The first-order chi connectivity index (χ1) is 12.1. The maximum absolute atomic E-state index is 11.9. The van der Waals surface area contributed by atoms with Crippen LogP contribution in [-0.2, 0) is 11.4 Å². The SMILES string of the molecule is COc1cccc(/C=C2\SC(=S)NC2=O)c1OCc1ccc(Cl)cc1. The van der Waals surface area contributed by atoms with E-state index in [1.165, 1.54) is 11.8 Å². The van der Waals surface area contributed by atoms with Gasteiger partial charge in [-0.1, -0.05) is 59.8 Å². The van der Waals surface area contributed by atoms with Crippen LogP contribution in [0, 0.1) is 0 Å². The number of thioether (sulfide) groups is 1. The molecule has 0 unspecified atom stereocenters. The standard InChI is InChI=1S/C18H14ClNO3S2/c1-22-14-4-2-3-12(9-15-17(21)20-18(24)25-15)16(14)23-10-11-5-7-13(19)8-6-11/h2-9H,10H2,1H3,(H,20,21,24)/b15-9-. The number of carbonyl (C=O) groups is 1. The van der Waals surface area contributed by atoms with Crippen molar-refractivity contribution in [2.24, 2.45) is 0 Å². The molecule has 0 atom stereocenters. The molecular weight excluding hydrogens is 378 g/mol. The van der Waals surface area contributed by atoms with Gasteiger partial charge in [-0.3, -0.25) is 4.79 Å². The van der Waals surface area contributed by atoms with Crippen LogP contribution in [0.4, 0.5) is 0 Å². The van der Waals surface area contributed by atoms with E-state index in [0.717, 1.165) is 11.1 Å². The first-order valence-electron chi connectivity index (χ1n) is 7.36. The molecule has 7 heteroatoms. The number of thiocarbonyl (C=S) groups is 1. The van der Waals surface area contributed by atoms with E-state index in [1.807, 2.05) is 42.5 Å². The van der Waals surface area contributed by atoms with Gasteiger partial charge in [-0.25, -0.2) is 0 Å². The van der Waals surface area contributed by atoms with Crippen LogP contribution in [0.25, 0.3) is 6.08 Å². The van der Waals surface area contributed by atoms with Gasteiger partial charge in [0.1, 0.15) is 10.9 Å². The molecule has 0 spiro atoms. The van der Waals surface area contributed by atoms with E-state index in [2.05, 4.69) is 5.32 Å². The molecule has 0 aliphatic carbocycles. The Kier molecular flexibility index (Phi) is 5.63. The average Bonchev–Trinajstić information content (AvgIpc) is 2.92. The van der Waals surface area contributed by atoms with E-state index >= 15 is 0 Å². The molecule has 0 aromatic heterocycles. The number of rotatable bonds is 5. The molecule has 1 aliphatic rings. The Morgan fingerprint density at radius 3 is 2.64 bits per heavy atom. The maximum Gasteiger partial charge on any atom is 0.263 e. The van der Waals surface area contributed by atoms with Crippen LogP contribution >= 0.6 is 35.6 Å². The van der Waals surface area contributed by atoms with E-state index in [9.17, 15) is 4.79 Å². The summed E-state index contributed by atoms with van der Waals surface area (Å²) in [6.07, 6.45) is 1.75. The molecule has 0 radical (unpaired) electrons. The van der Waals surface area contributed by atoms with E-state index in [4.69, 9.17) is 33.3 Å². The van der Waals surface area contributed by atoms with Gasteiger partial charge in [0.25, 0.3) is 5.91 Å². The molecule has 1 heterocycles. The van der Waals surface area contributed by atoms with E-state index in [0.29, 0.717) is 32.4 Å². The van der Waals surface area contributed by atoms with Gasteiger partial charge in [-0.05, 0) is 29.8 Å². The number of benzene rings is 2. The Labute approximate surface area is 160 Å². The third-order valence-electron chi connectivity index (χ3n) is 3.45. The summed E-state index contributed by atoms with van der Waals surface area (Å²) in [6.45, 7) is 0.353. The zero-order chi connectivity index (χ0) is 17.8. The maximum atomic E-state index is 11.9. The number of halogens is 1. The number of amides is 1. The molecule has 2 aromatic carbocycles. The number of carbonyl (C=O) groups excluding carboxylic acids is 1. The van der Waals surface area contributed by atoms with Crippen molar-refractivity contribution in [1.82, 2.24) is 5.32 Å². The molecule has 128 valence electrons. The van der Waals surface area contributed by atoms with Gasteiger partial charge in [0.2, 0.25) is 0 Å². The zero-order valence-corrected chi connectivity index (χ0v) is 15.6. The molecule has 1 aliphatic heterocycles. The molecule has 1 amide bonds. The molecule has 2 aromatic rings. The summed E-state index contributed by atoms with van der Waals surface area (Å²) < 4.78 is 11.8. The Hall–Kier alpha value is -2.02. The first-order valence-corrected chi connectivity index (χ1v) is 8.96. The van der Waals surface area contributed by atoms with Crippen molar-refractivity contribution in [1.29, 1.82) is 0 Å². The third-order valence-corrected chi connectivity index (χ3v) is 4.87. The minimum Gasteiger partial charge on any atom is -0.493 e. The summed E-state index contributed by atoms with van der Waals surface area (Å²) in [5, 5.41) is 3.27. The summed E-state index contributed by atoms with van der Waals surface area (Å²) in [5.74, 6) is 0.953. The number of hydrogen-bond donors (Lipinski definition) is 1. The van der Waals surface area contributed by atoms with Crippen molar-refractivity contribution in [3.63, 3.8) is 0 Å². The smallest absolute Gasteiger partial charge is 0.263 e. The van der Waals surface area contributed by atoms with Crippen LogP contribution in [0.15, 0.2) is 47.4 Å². The monoisotopic (exact) mass is 391 g/mol. The molecule has 1 N–H and O–H groups in total.